The molecule has 29 heavy (non-hydrogen) atoms. The smallest absolute Gasteiger partial charge is 0.224 e. The normalized spacial score (nSPS) is 11.6. The molecule has 0 radical (unpaired) electrons. The Balaban J connectivity index is 1.71. The predicted molar refractivity (Wildman–Crippen MR) is 106 cm³/mol. The molecule has 0 aromatic carbocycles. The number of hydrogen-bond acceptors (Lipinski definition) is 4. The van der Waals surface area contributed by atoms with Crippen LogP contribution in [-0.4, -0.2) is 24.7 Å². The third kappa shape index (κ3) is 3.63. The summed E-state index contributed by atoms with van der Waals surface area (Å²) in [7, 11) is 0. The Labute approximate surface area is 167 Å². The highest BCUT2D eigenvalue weighted by Crippen LogP contribution is 2.31. The van der Waals surface area contributed by atoms with Crippen LogP contribution in [0, 0.1) is 18.8 Å². The molecule has 4 aromatic rings. The molecule has 0 aliphatic carbocycles. The average Bonchev–Trinajstić information content (AvgIpc) is 3.19. The van der Waals surface area contributed by atoms with Crippen LogP contribution in [0.1, 0.15) is 30.9 Å². The fourth-order valence-electron chi connectivity index (χ4n) is 3.11. The second-order valence-corrected chi connectivity index (χ2v) is 7.29. The monoisotopic (exact) mass is 391 g/mol. The second kappa shape index (κ2) is 7.16. The van der Waals surface area contributed by atoms with Gasteiger partial charge >= 0.3 is 0 Å². The summed E-state index contributed by atoms with van der Waals surface area (Å²) in [4.78, 5) is 12.3. The SMILES string of the molecule is Cc1cccc(-n2ccc(C(C)(C)c3cccc(-c4ccc(F)nc4F)n3)n2)n1. The molecule has 146 valence electrons. The highest BCUT2D eigenvalue weighted by atomic mass is 19.1. The summed E-state index contributed by atoms with van der Waals surface area (Å²) in [6.07, 6.45) is 1.85. The molecule has 0 aliphatic rings. The molecule has 4 rings (SSSR count). The van der Waals surface area contributed by atoms with Gasteiger partial charge in [-0.25, -0.2) is 9.67 Å². The van der Waals surface area contributed by atoms with Gasteiger partial charge in [-0.15, -0.1) is 0 Å². The van der Waals surface area contributed by atoms with Gasteiger partial charge in [-0.05, 0) is 63.2 Å². The van der Waals surface area contributed by atoms with Gasteiger partial charge in [-0.1, -0.05) is 12.1 Å². The van der Waals surface area contributed by atoms with Crippen LogP contribution in [0.4, 0.5) is 8.78 Å². The number of rotatable bonds is 4. The first-order chi connectivity index (χ1) is 13.8. The lowest BCUT2D eigenvalue weighted by Crippen LogP contribution is -2.22. The zero-order valence-electron chi connectivity index (χ0n) is 16.3. The third-order valence-corrected chi connectivity index (χ3v) is 4.82. The van der Waals surface area contributed by atoms with Gasteiger partial charge in [0.25, 0.3) is 0 Å². The van der Waals surface area contributed by atoms with E-state index in [-0.39, 0.29) is 5.56 Å². The molecule has 0 spiro atoms. The maximum Gasteiger partial charge on any atom is 0.224 e. The highest BCUT2D eigenvalue weighted by Gasteiger charge is 2.28. The summed E-state index contributed by atoms with van der Waals surface area (Å²) in [5.74, 6) is -1.02. The van der Waals surface area contributed by atoms with Crippen molar-refractivity contribution < 1.29 is 8.78 Å². The fraction of sp³-hybridized carbons (Fsp3) is 0.182. The number of aromatic nitrogens is 5. The van der Waals surface area contributed by atoms with Gasteiger partial charge in [0.1, 0.15) is 0 Å². The summed E-state index contributed by atoms with van der Waals surface area (Å²) in [5, 5.41) is 4.68. The van der Waals surface area contributed by atoms with Crippen molar-refractivity contribution in [3.63, 3.8) is 0 Å². The topological polar surface area (TPSA) is 56.5 Å². The Morgan fingerprint density at radius 3 is 2.38 bits per heavy atom. The van der Waals surface area contributed by atoms with Gasteiger partial charge in [-0.2, -0.15) is 18.9 Å². The average molecular weight is 391 g/mol. The highest BCUT2D eigenvalue weighted by molar-refractivity contribution is 5.59. The van der Waals surface area contributed by atoms with Crippen LogP contribution < -0.4 is 0 Å². The lowest BCUT2D eigenvalue weighted by molar-refractivity contribution is 0.514. The number of nitrogens with zero attached hydrogens (tertiary/aromatic N) is 5. The van der Waals surface area contributed by atoms with Gasteiger partial charge in [0.05, 0.1) is 28.1 Å². The first-order valence-electron chi connectivity index (χ1n) is 9.15. The number of aryl methyl sites for hydroxylation is 1. The molecule has 0 saturated heterocycles. The first-order valence-corrected chi connectivity index (χ1v) is 9.15. The number of pyridine rings is 3. The Morgan fingerprint density at radius 1 is 0.828 bits per heavy atom. The summed E-state index contributed by atoms with van der Waals surface area (Å²) in [6.45, 7) is 5.92. The van der Waals surface area contributed by atoms with E-state index in [0.29, 0.717) is 11.4 Å². The van der Waals surface area contributed by atoms with Crippen LogP contribution in [0.5, 0.6) is 0 Å². The van der Waals surface area contributed by atoms with E-state index < -0.39 is 17.3 Å². The Hall–Kier alpha value is -3.48. The first kappa shape index (κ1) is 18.9. The molecule has 0 N–H and O–H groups in total. The van der Waals surface area contributed by atoms with Crippen LogP contribution in [0.15, 0.2) is 60.8 Å². The fourth-order valence-corrected chi connectivity index (χ4v) is 3.11. The van der Waals surface area contributed by atoms with Crippen LogP contribution >= 0.6 is 0 Å². The van der Waals surface area contributed by atoms with Crippen molar-refractivity contribution >= 4 is 0 Å². The molecule has 0 saturated carbocycles. The maximum atomic E-state index is 14.1. The molecular weight excluding hydrogens is 372 g/mol. The molecule has 5 nitrogen and oxygen atoms in total. The Kier molecular flexibility index (Phi) is 4.66. The van der Waals surface area contributed by atoms with E-state index >= 15 is 0 Å². The minimum Gasteiger partial charge on any atom is -0.252 e. The van der Waals surface area contributed by atoms with Gasteiger partial charge < -0.3 is 0 Å². The lowest BCUT2D eigenvalue weighted by Gasteiger charge is -2.22. The van der Waals surface area contributed by atoms with Crippen LogP contribution in [-0.2, 0) is 5.41 Å². The minimum absolute atomic E-state index is 0.151. The molecule has 7 heteroatoms. The van der Waals surface area contributed by atoms with Crippen molar-refractivity contribution in [3.05, 3.63) is 89.8 Å². The van der Waals surface area contributed by atoms with E-state index in [0.717, 1.165) is 23.3 Å². The number of halogens is 2. The molecule has 0 unspecified atom stereocenters. The van der Waals surface area contributed by atoms with Crippen molar-refractivity contribution in [2.75, 3.05) is 0 Å². The van der Waals surface area contributed by atoms with E-state index in [1.165, 1.54) is 6.07 Å². The van der Waals surface area contributed by atoms with Gasteiger partial charge in [-0.3, -0.25) is 4.98 Å². The maximum absolute atomic E-state index is 14.1. The van der Waals surface area contributed by atoms with Crippen molar-refractivity contribution in [1.82, 2.24) is 24.7 Å². The molecule has 4 aromatic heterocycles. The Morgan fingerprint density at radius 2 is 1.62 bits per heavy atom. The lowest BCUT2D eigenvalue weighted by atomic mass is 9.85. The minimum atomic E-state index is -0.887. The molecule has 0 fully saturated rings. The molecule has 4 heterocycles. The molecule has 0 bridgehead atoms. The molecule has 0 aliphatic heterocycles. The van der Waals surface area contributed by atoms with E-state index in [2.05, 4.69) is 20.1 Å². The molecular formula is C22H19F2N5. The van der Waals surface area contributed by atoms with E-state index in [1.54, 1.807) is 16.8 Å². The van der Waals surface area contributed by atoms with Crippen LogP contribution in [0.3, 0.4) is 0 Å². The Bertz CT molecular complexity index is 1180. The predicted octanol–water partition coefficient (Wildman–Crippen LogP) is 4.64. The zero-order chi connectivity index (χ0) is 20.6. The van der Waals surface area contributed by atoms with E-state index in [1.807, 2.05) is 57.3 Å². The molecule has 0 amide bonds. The largest absolute Gasteiger partial charge is 0.252 e. The summed E-state index contributed by atoms with van der Waals surface area (Å²) in [6, 6.07) is 15.5. The molecule has 0 atom stereocenters. The quantitative estimate of drug-likeness (QED) is 0.476. The van der Waals surface area contributed by atoms with E-state index in [9.17, 15) is 8.78 Å². The zero-order valence-corrected chi connectivity index (χ0v) is 16.3. The number of hydrogen-bond donors (Lipinski definition) is 0. The van der Waals surface area contributed by atoms with Gasteiger partial charge in [0.15, 0.2) is 5.82 Å². The third-order valence-electron chi connectivity index (χ3n) is 4.82. The van der Waals surface area contributed by atoms with Crippen LogP contribution in [0.2, 0.25) is 0 Å². The van der Waals surface area contributed by atoms with Crippen molar-refractivity contribution in [2.45, 2.75) is 26.2 Å². The summed E-state index contributed by atoms with van der Waals surface area (Å²) < 4.78 is 29.0. The second-order valence-electron chi connectivity index (χ2n) is 7.29. The van der Waals surface area contributed by atoms with Crippen molar-refractivity contribution in [2.24, 2.45) is 0 Å². The van der Waals surface area contributed by atoms with Crippen molar-refractivity contribution in [3.8, 4) is 17.1 Å². The summed E-state index contributed by atoms with van der Waals surface area (Å²) >= 11 is 0. The van der Waals surface area contributed by atoms with Crippen LogP contribution in [0.25, 0.3) is 17.1 Å². The standard InChI is InChI=1S/C22H19F2N5/c1-14-6-4-9-20(25-14)29-13-12-18(28-29)22(2,3)17-8-5-7-16(26-17)15-10-11-19(23)27-21(15)24/h4-13H,1-3H3. The van der Waals surface area contributed by atoms with Gasteiger partial charge in [0, 0.05) is 11.9 Å². The van der Waals surface area contributed by atoms with Crippen molar-refractivity contribution in [1.29, 1.82) is 0 Å². The van der Waals surface area contributed by atoms with Gasteiger partial charge in [0.2, 0.25) is 11.9 Å². The summed E-state index contributed by atoms with van der Waals surface area (Å²) in [5.41, 5.74) is 2.40. The van der Waals surface area contributed by atoms with E-state index in [4.69, 9.17) is 0 Å².